The molecule has 0 aliphatic rings. The minimum Gasteiger partial charge on any atom is -0.435 e. The number of hydrogen-bond donors (Lipinski definition) is 2. The summed E-state index contributed by atoms with van der Waals surface area (Å²) in [5.41, 5.74) is 7.49. The molecule has 0 amide bonds. The molecule has 0 aliphatic carbocycles. The summed E-state index contributed by atoms with van der Waals surface area (Å²) < 4.78 is 5.61. The van der Waals surface area contributed by atoms with E-state index in [9.17, 15) is 0 Å². The van der Waals surface area contributed by atoms with Gasteiger partial charge in [0.2, 0.25) is 5.88 Å². The van der Waals surface area contributed by atoms with Gasteiger partial charge in [0.25, 0.3) is 0 Å². The summed E-state index contributed by atoms with van der Waals surface area (Å²) in [5.74, 6) is 0.519. The monoisotopic (exact) mass is 276 g/mol. The molecule has 0 spiro atoms. The quantitative estimate of drug-likeness (QED) is 0.667. The number of rotatable bonds is 3. The molecule has 1 aromatic heterocycles. The van der Waals surface area contributed by atoms with Gasteiger partial charge in [0, 0.05) is 0 Å². The largest absolute Gasteiger partial charge is 0.435 e. The van der Waals surface area contributed by atoms with Crippen LogP contribution in [0.1, 0.15) is 16.8 Å². The summed E-state index contributed by atoms with van der Waals surface area (Å²) in [6.07, 6.45) is 0. The molecule has 0 radical (unpaired) electrons. The van der Waals surface area contributed by atoms with E-state index in [0.29, 0.717) is 22.0 Å². The van der Waals surface area contributed by atoms with Gasteiger partial charge in [-0.2, -0.15) is 5.10 Å². The lowest BCUT2D eigenvalue weighted by Crippen LogP contribution is -2.16. The van der Waals surface area contributed by atoms with Gasteiger partial charge in [-0.1, -0.05) is 23.7 Å². The second kappa shape index (κ2) is 5.24. The summed E-state index contributed by atoms with van der Waals surface area (Å²) in [5, 5.41) is 16.0. The van der Waals surface area contributed by atoms with Gasteiger partial charge < -0.3 is 10.5 Å². The number of aryl methyl sites for hydroxylation is 1. The number of aromatic nitrogens is 2. The Balaban J connectivity index is 2.49. The predicted octanol–water partition coefficient (Wildman–Crippen LogP) is 2.82. The molecule has 0 atom stereocenters. The van der Waals surface area contributed by atoms with Gasteiger partial charge in [0.1, 0.15) is 11.6 Å². The summed E-state index contributed by atoms with van der Waals surface area (Å²) in [6.45, 7) is 3.62. The molecule has 0 saturated heterocycles. The number of nitrogens with two attached hydrogens (primary N) is 1. The lowest BCUT2D eigenvalue weighted by atomic mass is 10.1. The topological polar surface area (TPSA) is 84.9 Å². The zero-order valence-electron chi connectivity index (χ0n) is 10.6. The van der Waals surface area contributed by atoms with Gasteiger partial charge in [0.05, 0.1) is 16.3 Å². The first-order valence-electron chi connectivity index (χ1n) is 5.61. The maximum atomic E-state index is 7.63. The van der Waals surface area contributed by atoms with Crippen LogP contribution in [0.15, 0.2) is 24.3 Å². The number of para-hydroxylation sites is 1. The number of nitrogens with zero attached hydrogens (tertiary/aromatic N) is 2. The second-order valence-electron chi connectivity index (χ2n) is 4.04. The van der Waals surface area contributed by atoms with Crippen molar-refractivity contribution in [3.63, 3.8) is 0 Å². The maximum absolute atomic E-state index is 7.63. The van der Waals surface area contributed by atoms with E-state index in [1.165, 1.54) is 0 Å². The summed E-state index contributed by atoms with van der Waals surface area (Å²) in [7, 11) is 0. The van der Waals surface area contributed by atoms with Crippen LogP contribution in [0.25, 0.3) is 0 Å². The number of hydrogen-bond acceptors (Lipinski definition) is 4. The normalized spacial score (nSPS) is 10.3. The SMILES string of the molecule is Cc1nnc(Oc2ccccc2Cl)c(C(=N)N)c1C. The number of benzene rings is 1. The van der Waals surface area contributed by atoms with Crippen LogP contribution in [0, 0.1) is 19.3 Å². The molecule has 0 fully saturated rings. The van der Waals surface area contributed by atoms with Crippen LogP contribution in [0.4, 0.5) is 0 Å². The van der Waals surface area contributed by atoms with Crippen molar-refractivity contribution in [2.75, 3.05) is 0 Å². The highest BCUT2D eigenvalue weighted by molar-refractivity contribution is 6.32. The third kappa shape index (κ3) is 2.66. The Morgan fingerprint density at radius 1 is 1.26 bits per heavy atom. The standard InChI is InChI=1S/C13H13ClN4O/c1-7-8(2)17-18-13(11(7)12(15)16)19-10-6-4-3-5-9(10)14/h3-6H,1-2H3,(H3,15,16). The Morgan fingerprint density at radius 3 is 2.58 bits per heavy atom. The highest BCUT2D eigenvalue weighted by atomic mass is 35.5. The number of ether oxygens (including phenoxy) is 1. The van der Waals surface area contributed by atoms with E-state index >= 15 is 0 Å². The van der Waals surface area contributed by atoms with Crippen molar-refractivity contribution in [1.29, 1.82) is 5.41 Å². The van der Waals surface area contributed by atoms with E-state index in [0.717, 1.165) is 5.56 Å². The summed E-state index contributed by atoms with van der Waals surface area (Å²) in [6, 6.07) is 7.01. The zero-order valence-corrected chi connectivity index (χ0v) is 11.3. The van der Waals surface area contributed by atoms with Crippen molar-refractivity contribution in [3.05, 3.63) is 46.1 Å². The van der Waals surface area contributed by atoms with E-state index in [4.69, 9.17) is 27.5 Å². The molecular formula is C13H13ClN4O. The van der Waals surface area contributed by atoms with E-state index < -0.39 is 0 Å². The van der Waals surface area contributed by atoms with Crippen molar-refractivity contribution in [2.45, 2.75) is 13.8 Å². The Morgan fingerprint density at radius 2 is 1.95 bits per heavy atom. The van der Waals surface area contributed by atoms with Crippen molar-refractivity contribution in [2.24, 2.45) is 5.73 Å². The number of nitrogen functional groups attached to an aromatic ring is 1. The molecule has 1 aromatic carbocycles. The van der Waals surface area contributed by atoms with Crippen LogP contribution >= 0.6 is 11.6 Å². The highest BCUT2D eigenvalue weighted by Gasteiger charge is 2.16. The smallest absolute Gasteiger partial charge is 0.250 e. The minimum atomic E-state index is -0.113. The minimum absolute atomic E-state index is 0.113. The van der Waals surface area contributed by atoms with Crippen LogP contribution in [0.2, 0.25) is 5.02 Å². The molecule has 98 valence electrons. The lowest BCUT2D eigenvalue weighted by molar-refractivity contribution is 0.452. The first kappa shape index (κ1) is 13.3. The van der Waals surface area contributed by atoms with Crippen LogP contribution in [-0.4, -0.2) is 16.0 Å². The molecular weight excluding hydrogens is 264 g/mol. The third-order valence-corrected chi connectivity index (χ3v) is 3.05. The van der Waals surface area contributed by atoms with Gasteiger partial charge >= 0.3 is 0 Å². The summed E-state index contributed by atoms with van der Waals surface area (Å²) in [4.78, 5) is 0. The van der Waals surface area contributed by atoms with Crippen LogP contribution < -0.4 is 10.5 Å². The number of halogens is 1. The number of nitrogens with one attached hydrogen (secondary N) is 1. The van der Waals surface area contributed by atoms with Gasteiger partial charge in [-0.05, 0) is 31.5 Å². The van der Waals surface area contributed by atoms with Gasteiger partial charge in [-0.15, -0.1) is 5.10 Å². The van der Waals surface area contributed by atoms with Crippen LogP contribution in [0.5, 0.6) is 11.6 Å². The first-order valence-corrected chi connectivity index (χ1v) is 5.99. The Bertz CT molecular complexity index is 643. The van der Waals surface area contributed by atoms with Crippen LogP contribution in [0.3, 0.4) is 0 Å². The maximum Gasteiger partial charge on any atom is 0.250 e. The second-order valence-corrected chi connectivity index (χ2v) is 4.44. The molecule has 0 bridgehead atoms. The van der Waals surface area contributed by atoms with Gasteiger partial charge in [0.15, 0.2) is 0 Å². The fourth-order valence-electron chi connectivity index (χ4n) is 1.61. The van der Waals surface area contributed by atoms with E-state index in [-0.39, 0.29) is 11.7 Å². The first-order chi connectivity index (χ1) is 9.00. The van der Waals surface area contributed by atoms with E-state index in [1.807, 2.05) is 6.92 Å². The summed E-state index contributed by atoms with van der Waals surface area (Å²) >= 11 is 6.02. The molecule has 19 heavy (non-hydrogen) atoms. The van der Waals surface area contributed by atoms with Crippen LogP contribution in [-0.2, 0) is 0 Å². The molecule has 2 rings (SSSR count). The molecule has 0 aliphatic heterocycles. The fourth-order valence-corrected chi connectivity index (χ4v) is 1.78. The lowest BCUT2D eigenvalue weighted by Gasteiger charge is -2.12. The Labute approximate surface area is 115 Å². The molecule has 0 unspecified atom stereocenters. The Hall–Kier alpha value is -2.14. The zero-order chi connectivity index (χ0) is 14.0. The van der Waals surface area contributed by atoms with Crippen molar-refractivity contribution >= 4 is 17.4 Å². The van der Waals surface area contributed by atoms with E-state index in [2.05, 4.69) is 10.2 Å². The Kier molecular flexibility index (Phi) is 3.66. The molecule has 2 aromatic rings. The van der Waals surface area contributed by atoms with E-state index in [1.54, 1.807) is 31.2 Å². The van der Waals surface area contributed by atoms with Crippen molar-refractivity contribution in [1.82, 2.24) is 10.2 Å². The average Bonchev–Trinajstić information content (AvgIpc) is 2.36. The number of amidine groups is 1. The molecule has 6 heteroatoms. The van der Waals surface area contributed by atoms with Gasteiger partial charge in [-0.3, -0.25) is 5.41 Å². The fraction of sp³-hybridized carbons (Fsp3) is 0.154. The molecule has 1 heterocycles. The van der Waals surface area contributed by atoms with Crippen molar-refractivity contribution in [3.8, 4) is 11.6 Å². The molecule has 0 saturated carbocycles. The highest BCUT2D eigenvalue weighted by Crippen LogP contribution is 2.30. The predicted molar refractivity (Wildman–Crippen MR) is 74.0 cm³/mol. The molecule has 3 N–H and O–H groups in total. The average molecular weight is 277 g/mol. The van der Waals surface area contributed by atoms with Gasteiger partial charge in [-0.25, -0.2) is 0 Å². The molecule has 5 nitrogen and oxygen atoms in total. The third-order valence-electron chi connectivity index (χ3n) is 2.74. The van der Waals surface area contributed by atoms with Crippen molar-refractivity contribution < 1.29 is 4.74 Å².